The van der Waals surface area contributed by atoms with Crippen LogP contribution in [0.3, 0.4) is 0 Å². The molecule has 3 aromatic rings. The van der Waals surface area contributed by atoms with Gasteiger partial charge in [0.05, 0.1) is 6.61 Å². The molecule has 0 aliphatic heterocycles. The molecule has 0 spiro atoms. The summed E-state index contributed by atoms with van der Waals surface area (Å²) in [5, 5.41) is 9.70. The van der Waals surface area contributed by atoms with Gasteiger partial charge >= 0.3 is 0 Å². The van der Waals surface area contributed by atoms with Crippen molar-refractivity contribution in [2.45, 2.75) is 71.6 Å². The van der Waals surface area contributed by atoms with Crippen molar-refractivity contribution >= 4 is 7.28 Å². The van der Waals surface area contributed by atoms with E-state index in [1.165, 1.54) is 22.3 Å². The third-order valence-electron chi connectivity index (χ3n) is 6.78. The Kier molecular flexibility index (Phi) is 7.67. The minimum atomic E-state index is 0.0493. The van der Waals surface area contributed by atoms with E-state index in [0.717, 1.165) is 12.0 Å². The van der Waals surface area contributed by atoms with Gasteiger partial charge in [0.15, 0.2) is 0 Å². The van der Waals surface area contributed by atoms with Crippen molar-refractivity contribution in [1.82, 2.24) is 0 Å². The summed E-state index contributed by atoms with van der Waals surface area (Å²) in [4.78, 5) is 0. The predicted molar refractivity (Wildman–Crippen MR) is 139 cm³/mol. The Hall–Kier alpha value is -2.32. The zero-order chi connectivity index (χ0) is 23.4. The Morgan fingerprint density at radius 3 is 1.94 bits per heavy atom. The number of benzene rings is 3. The first-order valence-corrected chi connectivity index (χ1v) is 11.8. The Morgan fingerprint density at radius 1 is 0.750 bits per heavy atom. The van der Waals surface area contributed by atoms with Crippen molar-refractivity contribution < 1.29 is 5.11 Å². The molecule has 32 heavy (non-hydrogen) atoms. The normalized spacial score (nSPS) is 14.1. The van der Waals surface area contributed by atoms with Gasteiger partial charge in [0, 0.05) is 5.92 Å². The largest absolute Gasteiger partial charge is 0.392 e. The SMILES string of the molecule is C[B]C(c1ccc(C(C)(C)C)cc1)C(C)(C)CC(c1ccccc1)c1cccc(CO)c1. The van der Waals surface area contributed by atoms with Crippen LogP contribution in [0.25, 0.3) is 0 Å². The fourth-order valence-corrected chi connectivity index (χ4v) is 4.96. The van der Waals surface area contributed by atoms with Gasteiger partial charge in [-0.1, -0.05) is 126 Å². The fourth-order valence-electron chi connectivity index (χ4n) is 4.96. The van der Waals surface area contributed by atoms with Crippen molar-refractivity contribution in [1.29, 1.82) is 0 Å². The van der Waals surface area contributed by atoms with Crippen molar-refractivity contribution in [3.63, 3.8) is 0 Å². The number of hydrogen-bond donors (Lipinski definition) is 1. The lowest BCUT2D eigenvalue weighted by molar-refractivity contribution is 0.281. The summed E-state index contributed by atoms with van der Waals surface area (Å²) in [7, 11) is 2.36. The molecule has 0 saturated heterocycles. The van der Waals surface area contributed by atoms with Crippen LogP contribution >= 0.6 is 0 Å². The Bertz CT molecular complexity index is 983. The summed E-state index contributed by atoms with van der Waals surface area (Å²) in [6.45, 7) is 13.8. The molecular weight excluding hydrogens is 387 g/mol. The van der Waals surface area contributed by atoms with Crippen LogP contribution in [0.2, 0.25) is 6.82 Å². The van der Waals surface area contributed by atoms with Crippen molar-refractivity contribution in [3.05, 3.63) is 107 Å². The van der Waals surface area contributed by atoms with Crippen LogP contribution in [0.15, 0.2) is 78.9 Å². The second-order valence-electron chi connectivity index (χ2n) is 10.7. The first-order valence-electron chi connectivity index (χ1n) is 11.8. The Morgan fingerprint density at radius 2 is 1.38 bits per heavy atom. The molecule has 3 aromatic carbocycles. The lowest BCUT2D eigenvalue weighted by atomic mass is 9.51. The highest BCUT2D eigenvalue weighted by atomic mass is 16.3. The molecule has 0 heterocycles. The van der Waals surface area contributed by atoms with Gasteiger partial charge in [0.2, 0.25) is 0 Å². The monoisotopic (exact) mass is 425 g/mol. The van der Waals surface area contributed by atoms with E-state index in [1.807, 2.05) is 6.07 Å². The lowest BCUT2D eigenvalue weighted by Gasteiger charge is -2.38. The van der Waals surface area contributed by atoms with Crippen LogP contribution in [0.4, 0.5) is 0 Å². The van der Waals surface area contributed by atoms with Gasteiger partial charge in [-0.25, -0.2) is 0 Å². The van der Waals surface area contributed by atoms with Crippen LogP contribution in [-0.2, 0) is 12.0 Å². The van der Waals surface area contributed by atoms with Crippen LogP contribution < -0.4 is 0 Å². The summed E-state index contributed by atoms with van der Waals surface area (Å²) in [5.74, 6) is 0.623. The molecule has 167 valence electrons. The van der Waals surface area contributed by atoms with Gasteiger partial charge in [0.1, 0.15) is 7.28 Å². The van der Waals surface area contributed by atoms with Crippen molar-refractivity contribution in [2.24, 2.45) is 5.41 Å². The average Bonchev–Trinajstić information content (AvgIpc) is 2.78. The second-order valence-corrected chi connectivity index (χ2v) is 10.7. The molecule has 0 aliphatic carbocycles. The maximum absolute atomic E-state index is 9.70. The highest BCUT2D eigenvalue weighted by molar-refractivity contribution is 6.36. The first-order chi connectivity index (χ1) is 15.2. The second kappa shape index (κ2) is 10.1. The van der Waals surface area contributed by atoms with Crippen LogP contribution in [0.5, 0.6) is 0 Å². The Balaban J connectivity index is 1.96. The smallest absolute Gasteiger partial charge is 0.116 e. The molecular formula is C30H38BO. The van der Waals surface area contributed by atoms with Gasteiger partial charge in [-0.2, -0.15) is 0 Å². The van der Waals surface area contributed by atoms with E-state index < -0.39 is 0 Å². The van der Waals surface area contributed by atoms with E-state index in [4.69, 9.17) is 0 Å². The molecule has 0 fully saturated rings. The molecule has 2 heteroatoms. The molecule has 0 bridgehead atoms. The number of rotatable bonds is 8. The molecule has 1 nitrogen and oxygen atoms in total. The summed E-state index contributed by atoms with van der Waals surface area (Å²) in [5.41, 5.74) is 6.53. The topological polar surface area (TPSA) is 20.2 Å². The average molecular weight is 425 g/mol. The Labute approximate surface area is 196 Å². The zero-order valence-corrected chi connectivity index (χ0v) is 20.6. The molecule has 1 radical (unpaired) electrons. The van der Waals surface area contributed by atoms with Gasteiger partial charge < -0.3 is 5.11 Å². The molecule has 0 amide bonds. The van der Waals surface area contributed by atoms with Crippen LogP contribution in [0.1, 0.15) is 80.6 Å². The number of aliphatic hydroxyl groups excluding tert-OH is 1. The maximum atomic E-state index is 9.70. The van der Waals surface area contributed by atoms with E-state index in [-0.39, 0.29) is 23.4 Å². The minimum Gasteiger partial charge on any atom is -0.392 e. The molecule has 3 rings (SSSR count). The van der Waals surface area contributed by atoms with E-state index in [9.17, 15) is 5.11 Å². The molecule has 0 aliphatic rings. The highest BCUT2D eigenvalue weighted by Gasteiger charge is 2.33. The van der Waals surface area contributed by atoms with Gasteiger partial charge in [-0.05, 0) is 45.3 Å². The lowest BCUT2D eigenvalue weighted by Crippen LogP contribution is -2.28. The maximum Gasteiger partial charge on any atom is 0.116 e. The standard InChI is InChI=1S/C30H38BO/c1-29(2,3)26-17-15-24(16-18-26)28(31-6)30(4,5)20-27(23-12-8-7-9-13-23)25-14-10-11-22(19-25)21-32/h7-19,27-28,32H,20-21H2,1-6H3. The molecule has 0 saturated carbocycles. The van der Waals surface area contributed by atoms with Gasteiger partial charge in [0.25, 0.3) is 0 Å². The fraction of sp³-hybridized carbons (Fsp3) is 0.400. The number of aliphatic hydroxyl groups is 1. The number of hydrogen-bond acceptors (Lipinski definition) is 1. The van der Waals surface area contributed by atoms with E-state index in [1.54, 1.807) is 0 Å². The predicted octanol–water partition coefficient (Wildman–Crippen LogP) is 7.52. The molecule has 2 atom stereocenters. The van der Waals surface area contributed by atoms with Crippen LogP contribution in [0, 0.1) is 5.41 Å². The minimum absolute atomic E-state index is 0.0493. The molecule has 1 N–H and O–H groups in total. The summed E-state index contributed by atoms with van der Waals surface area (Å²) in [6.07, 6.45) is 1.02. The van der Waals surface area contributed by atoms with Crippen molar-refractivity contribution in [3.8, 4) is 0 Å². The molecule has 2 unspecified atom stereocenters. The molecule has 0 aromatic heterocycles. The highest BCUT2D eigenvalue weighted by Crippen LogP contribution is 2.45. The van der Waals surface area contributed by atoms with E-state index in [0.29, 0.717) is 5.82 Å². The third kappa shape index (κ3) is 5.72. The summed E-state index contributed by atoms with van der Waals surface area (Å²) >= 11 is 0. The zero-order valence-electron chi connectivity index (χ0n) is 20.6. The van der Waals surface area contributed by atoms with E-state index >= 15 is 0 Å². The van der Waals surface area contributed by atoms with Gasteiger partial charge in [-0.3, -0.25) is 0 Å². The van der Waals surface area contributed by atoms with E-state index in [2.05, 4.69) is 122 Å². The summed E-state index contributed by atoms with van der Waals surface area (Å²) < 4.78 is 0. The third-order valence-corrected chi connectivity index (χ3v) is 6.78. The van der Waals surface area contributed by atoms with Gasteiger partial charge in [-0.15, -0.1) is 0 Å². The quantitative estimate of drug-likeness (QED) is 0.370. The van der Waals surface area contributed by atoms with Crippen molar-refractivity contribution in [2.75, 3.05) is 0 Å². The van der Waals surface area contributed by atoms with Crippen LogP contribution in [-0.4, -0.2) is 12.4 Å². The first kappa shape index (κ1) is 24.3. The summed E-state index contributed by atoms with van der Waals surface area (Å²) in [6, 6.07) is 28.4.